The summed E-state index contributed by atoms with van der Waals surface area (Å²) in [6, 6.07) is 0. The summed E-state index contributed by atoms with van der Waals surface area (Å²) in [4.78, 5) is 0. The summed E-state index contributed by atoms with van der Waals surface area (Å²) in [6.07, 6.45) is 6.82. The molecular formula is C14H26O4. The van der Waals surface area contributed by atoms with Crippen molar-refractivity contribution in [2.24, 2.45) is 5.92 Å². The molecule has 3 atom stereocenters. The van der Waals surface area contributed by atoms with Crippen LogP contribution in [0, 0.1) is 5.92 Å². The molecule has 2 aliphatic heterocycles. The molecule has 0 N–H and O–H groups in total. The molecule has 1 unspecified atom stereocenters. The van der Waals surface area contributed by atoms with Crippen LogP contribution in [0.5, 0.6) is 0 Å². The quantitative estimate of drug-likeness (QED) is 0.734. The summed E-state index contributed by atoms with van der Waals surface area (Å²) in [5.74, 6) is 0.390. The summed E-state index contributed by atoms with van der Waals surface area (Å²) in [5.41, 5.74) is 0. The topological polar surface area (TPSA) is 36.9 Å². The first-order valence-corrected chi connectivity index (χ1v) is 7.31. The lowest BCUT2D eigenvalue weighted by molar-refractivity contribution is -0.189. The molecule has 18 heavy (non-hydrogen) atoms. The van der Waals surface area contributed by atoms with Crippen molar-refractivity contribution in [2.75, 3.05) is 26.4 Å². The van der Waals surface area contributed by atoms with Gasteiger partial charge >= 0.3 is 0 Å². The van der Waals surface area contributed by atoms with E-state index in [4.69, 9.17) is 18.9 Å². The molecule has 2 heterocycles. The molecule has 0 saturated carbocycles. The van der Waals surface area contributed by atoms with E-state index in [1.54, 1.807) is 0 Å². The molecule has 0 bridgehead atoms. The second-order valence-electron chi connectivity index (χ2n) is 5.36. The summed E-state index contributed by atoms with van der Waals surface area (Å²) in [7, 11) is 0. The van der Waals surface area contributed by atoms with Gasteiger partial charge in [0.25, 0.3) is 0 Å². The van der Waals surface area contributed by atoms with E-state index in [0.717, 1.165) is 38.9 Å². The summed E-state index contributed by atoms with van der Waals surface area (Å²) >= 11 is 0. The van der Waals surface area contributed by atoms with Crippen molar-refractivity contribution in [3.63, 3.8) is 0 Å². The lowest BCUT2D eigenvalue weighted by atomic mass is 10.2. The van der Waals surface area contributed by atoms with E-state index in [-0.39, 0.29) is 12.6 Å². The highest BCUT2D eigenvalue weighted by molar-refractivity contribution is 4.58. The van der Waals surface area contributed by atoms with Crippen molar-refractivity contribution in [1.82, 2.24) is 0 Å². The maximum Gasteiger partial charge on any atom is 0.157 e. The zero-order chi connectivity index (χ0) is 12.6. The van der Waals surface area contributed by atoms with Gasteiger partial charge in [-0.2, -0.15) is 0 Å². The molecule has 106 valence electrons. The molecule has 0 amide bonds. The lowest BCUT2D eigenvalue weighted by Gasteiger charge is -2.26. The van der Waals surface area contributed by atoms with Crippen LogP contribution in [0.1, 0.15) is 45.4 Å². The molecule has 2 fully saturated rings. The van der Waals surface area contributed by atoms with Crippen LogP contribution in [0.25, 0.3) is 0 Å². The minimum absolute atomic E-state index is 0.00660. The number of ether oxygens (including phenoxy) is 4. The van der Waals surface area contributed by atoms with Crippen molar-refractivity contribution in [3.8, 4) is 0 Å². The minimum atomic E-state index is 0.00660. The van der Waals surface area contributed by atoms with E-state index in [0.29, 0.717) is 19.1 Å². The van der Waals surface area contributed by atoms with Gasteiger partial charge in [-0.3, -0.25) is 0 Å². The Bertz CT molecular complexity index is 188. The second kappa shape index (κ2) is 8.10. The van der Waals surface area contributed by atoms with E-state index < -0.39 is 0 Å². The Kier molecular flexibility index (Phi) is 6.41. The second-order valence-corrected chi connectivity index (χ2v) is 5.36. The Morgan fingerprint density at radius 3 is 1.78 bits per heavy atom. The molecule has 4 nitrogen and oxygen atoms in total. The van der Waals surface area contributed by atoms with Crippen molar-refractivity contribution >= 4 is 0 Å². The Morgan fingerprint density at radius 2 is 1.39 bits per heavy atom. The van der Waals surface area contributed by atoms with Crippen molar-refractivity contribution < 1.29 is 18.9 Å². The normalized spacial score (nSPS) is 31.2. The van der Waals surface area contributed by atoms with E-state index in [1.807, 2.05) is 0 Å². The minimum Gasteiger partial charge on any atom is -0.353 e. The molecule has 0 aromatic heterocycles. The first kappa shape index (κ1) is 14.3. The van der Waals surface area contributed by atoms with Gasteiger partial charge in [-0.1, -0.05) is 6.92 Å². The lowest BCUT2D eigenvalue weighted by Crippen LogP contribution is -2.28. The van der Waals surface area contributed by atoms with Crippen LogP contribution in [0.2, 0.25) is 0 Å². The smallest absolute Gasteiger partial charge is 0.157 e. The van der Waals surface area contributed by atoms with Gasteiger partial charge in [-0.15, -0.1) is 0 Å². The SMILES string of the molecule is CC(CO[C@@H]1CCCCO1)CO[C@H]1CCCCO1. The van der Waals surface area contributed by atoms with Gasteiger partial charge in [-0.25, -0.2) is 0 Å². The Balaban J connectivity index is 1.52. The molecule has 0 aliphatic carbocycles. The highest BCUT2D eigenvalue weighted by atomic mass is 16.7. The van der Waals surface area contributed by atoms with Gasteiger partial charge in [0.05, 0.1) is 13.2 Å². The summed E-state index contributed by atoms with van der Waals surface area (Å²) < 4.78 is 22.6. The van der Waals surface area contributed by atoms with Crippen molar-refractivity contribution in [1.29, 1.82) is 0 Å². The fraction of sp³-hybridized carbons (Fsp3) is 1.00. The van der Waals surface area contributed by atoms with Gasteiger partial charge in [0.15, 0.2) is 12.6 Å². The third kappa shape index (κ3) is 5.22. The molecule has 2 saturated heterocycles. The predicted molar refractivity (Wildman–Crippen MR) is 68.3 cm³/mol. The zero-order valence-electron chi connectivity index (χ0n) is 11.4. The predicted octanol–water partition coefficient (Wildman–Crippen LogP) is 2.71. The van der Waals surface area contributed by atoms with Crippen LogP contribution in [-0.2, 0) is 18.9 Å². The Hall–Kier alpha value is -0.160. The standard InChI is InChI=1S/C14H26O4/c1-12(10-17-13-6-2-4-8-15-13)11-18-14-7-3-5-9-16-14/h12-14H,2-11H2,1H3/t12?,13-,14+. The highest BCUT2D eigenvalue weighted by Crippen LogP contribution is 2.17. The number of rotatable bonds is 6. The van der Waals surface area contributed by atoms with E-state index in [2.05, 4.69) is 6.92 Å². The van der Waals surface area contributed by atoms with Crippen molar-refractivity contribution in [2.45, 2.75) is 58.0 Å². The molecular weight excluding hydrogens is 232 g/mol. The van der Waals surface area contributed by atoms with Crippen LogP contribution >= 0.6 is 0 Å². The molecule has 0 spiro atoms. The van der Waals surface area contributed by atoms with E-state index in [9.17, 15) is 0 Å². The monoisotopic (exact) mass is 258 g/mol. The highest BCUT2D eigenvalue weighted by Gasteiger charge is 2.18. The van der Waals surface area contributed by atoms with Crippen molar-refractivity contribution in [3.05, 3.63) is 0 Å². The van der Waals surface area contributed by atoms with Crippen LogP contribution in [-0.4, -0.2) is 39.0 Å². The average Bonchev–Trinajstić information content (AvgIpc) is 2.45. The first-order valence-electron chi connectivity index (χ1n) is 7.31. The summed E-state index contributed by atoms with van der Waals surface area (Å²) in [6.45, 7) is 5.23. The fourth-order valence-electron chi connectivity index (χ4n) is 2.28. The Labute approximate surface area is 110 Å². The molecule has 4 heteroatoms. The maximum absolute atomic E-state index is 5.74. The zero-order valence-corrected chi connectivity index (χ0v) is 11.4. The first-order chi connectivity index (χ1) is 8.84. The maximum atomic E-state index is 5.74. The summed E-state index contributed by atoms with van der Waals surface area (Å²) in [5, 5.41) is 0. The van der Waals surface area contributed by atoms with Crippen LogP contribution < -0.4 is 0 Å². The molecule has 0 aromatic rings. The fourth-order valence-corrected chi connectivity index (χ4v) is 2.28. The molecule has 2 rings (SSSR count). The molecule has 2 aliphatic rings. The third-order valence-electron chi connectivity index (χ3n) is 3.41. The Morgan fingerprint density at radius 1 is 0.889 bits per heavy atom. The van der Waals surface area contributed by atoms with E-state index in [1.165, 1.54) is 12.8 Å². The number of hydrogen-bond acceptors (Lipinski definition) is 4. The molecule has 0 aromatic carbocycles. The molecule has 0 radical (unpaired) electrons. The van der Waals surface area contributed by atoms with Gasteiger partial charge in [0, 0.05) is 19.1 Å². The van der Waals surface area contributed by atoms with Crippen LogP contribution in [0.3, 0.4) is 0 Å². The average molecular weight is 258 g/mol. The number of hydrogen-bond donors (Lipinski definition) is 0. The van der Waals surface area contributed by atoms with Gasteiger partial charge in [0.2, 0.25) is 0 Å². The van der Waals surface area contributed by atoms with Crippen LogP contribution in [0.15, 0.2) is 0 Å². The largest absolute Gasteiger partial charge is 0.353 e. The van der Waals surface area contributed by atoms with Gasteiger partial charge < -0.3 is 18.9 Å². The van der Waals surface area contributed by atoms with Crippen LogP contribution in [0.4, 0.5) is 0 Å². The third-order valence-corrected chi connectivity index (χ3v) is 3.41. The van der Waals surface area contributed by atoms with E-state index >= 15 is 0 Å². The van der Waals surface area contributed by atoms with Gasteiger partial charge in [-0.05, 0) is 38.5 Å². The van der Waals surface area contributed by atoms with Gasteiger partial charge in [0.1, 0.15) is 0 Å².